The molecule has 5 nitrogen and oxygen atoms in total. The van der Waals surface area contributed by atoms with E-state index in [1.807, 2.05) is 0 Å². The Morgan fingerprint density at radius 2 is 2.00 bits per heavy atom. The van der Waals surface area contributed by atoms with Gasteiger partial charge in [0, 0.05) is 23.9 Å². The monoisotopic (exact) mass is 310 g/mol. The second kappa shape index (κ2) is 6.13. The van der Waals surface area contributed by atoms with Crippen molar-refractivity contribution in [3.8, 4) is 5.88 Å². The van der Waals surface area contributed by atoms with Gasteiger partial charge in [-0.2, -0.15) is 4.68 Å². The van der Waals surface area contributed by atoms with E-state index >= 15 is 0 Å². The molecule has 7 heteroatoms. The smallest absolute Gasteiger partial charge is 0.435 e. The fraction of sp³-hybridized carbons (Fsp3) is 0.333. The zero-order valence-electron chi connectivity index (χ0n) is 12.5. The zero-order chi connectivity index (χ0) is 16.3. The van der Waals surface area contributed by atoms with E-state index in [0.717, 1.165) is 16.8 Å². The van der Waals surface area contributed by atoms with Gasteiger partial charge < -0.3 is 9.47 Å². The van der Waals surface area contributed by atoms with Gasteiger partial charge in [0.05, 0.1) is 0 Å². The summed E-state index contributed by atoms with van der Waals surface area (Å²) in [5.74, 6) is -1.23. The van der Waals surface area contributed by atoms with E-state index in [9.17, 15) is 13.6 Å². The van der Waals surface area contributed by atoms with Crippen LogP contribution in [0.2, 0.25) is 0 Å². The molecule has 0 saturated heterocycles. The van der Waals surface area contributed by atoms with Gasteiger partial charge >= 0.3 is 6.09 Å². The molecule has 0 bridgehead atoms. The molecule has 1 aromatic carbocycles. The maximum absolute atomic E-state index is 13.5. The quantitative estimate of drug-likeness (QED) is 0.870. The van der Waals surface area contributed by atoms with E-state index in [-0.39, 0.29) is 18.1 Å². The molecule has 0 amide bonds. The number of rotatable bonds is 3. The van der Waals surface area contributed by atoms with E-state index in [1.165, 1.54) is 18.3 Å². The molecule has 0 fully saturated rings. The summed E-state index contributed by atoms with van der Waals surface area (Å²) in [4.78, 5) is 11.8. The molecule has 1 aromatic heterocycles. The van der Waals surface area contributed by atoms with E-state index in [0.29, 0.717) is 0 Å². The van der Waals surface area contributed by atoms with Crippen molar-refractivity contribution in [3.05, 3.63) is 47.7 Å². The molecule has 0 aliphatic carbocycles. The van der Waals surface area contributed by atoms with Crippen LogP contribution < -0.4 is 4.74 Å². The Bertz CT molecular complexity index is 678. The second-order valence-corrected chi connectivity index (χ2v) is 5.60. The first-order chi connectivity index (χ1) is 10.2. The van der Waals surface area contributed by atoms with Gasteiger partial charge in [0.15, 0.2) is 0 Å². The third kappa shape index (κ3) is 4.28. The number of benzene rings is 1. The molecule has 0 atom stereocenters. The predicted octanol–water partition coefficient (Wildman–Crippen LogP) is 3.52. The van der Waals surface area contributed by atoms with Crippen LogP contribution in [0.15, 0.2) is 30.5 Å². The van der Waals surface area contributed by atoms with Gasteiger partial charge in [0.25, 0.3) is 0 Å². The summed E-state index contributed by atoms with van der Waals surface area (Å²) in [6.45, 7) is 5.09. The molecule has 1 heterocycles. The van der Waals surface area contributed by atoms with Crippen molar-refractivity contribution >= 4 is 6.09 Å². The molecule has 0 radical (unpaired) electrons. The minimum absolute atomic E-state index is 0.128. The number of nitrogens with zero attached hydrogens (tertiary/aromatic N) is 2. The van der Waals surface area contributed by atoms with E-state index in [4.69, 9.17) is 9.47 Å². The molecular weight excluding hydrogens is 294 g/mol. The number of halogens is 2. The van der Waals surface area contributed by atoms with Crippen molar-refractivity contribution in [1.82, 2.24) is 9.78 Å². The Morgan fingerprint density at radius 3 is 2.64 bits per heavy atom. The van der Waals surface area contributed by atoms with Crippen molar-refractivity contribution in [2.24, 2.45) is 0 Å². The second-order valence-electron chi connectivity index (χ2n) is 5.60. The highest BCUT2D eigenvalue weighted by atomic mass is 19.1. The summed E-state index contributed by atoms with van der Waals surface area (Å²) in [5, 5.41) is 3.88. The summed E-state index contributed by atoms with van der Waals surface area (Å²) >= 11 is 0. The SMILES string of the molecule is CC(C)(C)OC(=O)n1ccc(OCc2ccc(F)cc2F)n1. The molecule has 0 saturated carbocycles. The lowest BCUT2D eigenvalue weighted by Gasteiger charge is -2.18. The summed E-state index contributed by atoms with van der Waals surface area (Å²) in [6.07, 6.45) is 0.736. The van der Waals surface area contributed by atoms with Gasteiger partial charge in [0.2, 0.25) is 5.88 Å². The molecule has 0 N–H and O–H groups in total. The Morgan fingerprint density at radius 1 is 1.27 bits per heavy atom. The van der Waals surface area contributed by atoms with Crippen LogP contribution in [-0.2, 0) is 11.3 Å². The number of aromatic nitrogens is 2. The maximum atomic E-state index is 13.5. The topological polar surface area (TPSA) is 53.4 Å². The molecule has 2 aromatic rings. The van der Waals surface area contributed by atoms with Crippen LogP contribution in [0.3, 0.4) is 0 Å². The van der Waals surface area contributed by atoms with Gasteiger partial charge in [-0.15, -0.1) is 5.10 Å². The predicted molar refractivity (Wildman–Crippen MR) is 74.5 cm³/mol. The zero-order valence-corrected chi connectivity index (χ0v) is 12.5. The number of carbonyl (C=O) groups is 1. The third-order valence-electron chi connectivity index (χ3n) is 2.54. The van der Waals surface area contributed by atoms with Crippen LogP contribution in [0.25, 0.3) is 0 Å². The van der Waals surface area contributed by atoms with E-state index in [1.54, 1.807) is 20.8 Å². The lowest BCUT2D eigenvalue weighted by molar-refractivity contribution is 0.0511. The fourth-order valence-electron chi connectivity index (χ4n) is 1.59. The van der Waals surface area contributed by atoms with Gasteiger partial charge in [-0.05, 0) is 32.9 Å². The van der Waals surface area contributed by atoms with Crippen molar-refractivity contribution in [1.29, 1.82) is 0 Å². The minimum Gasteiger partial charge on any atom is -0.472 e. The molecule has 0 aliphatic rings. The van der Waals surface area contributed by atoms with Crippen molar-refractivity contribution in [2.75, 3.05) is 0 Å². The van der Waals surface area contributed by atoms with Crippen LogP contribution in [-0.4, -0.2) is 21.5 Å². The maximum Gasteiger partial charge on any atom is 0.435 e. The molecule has 118 valence electrons. The largest absolute Gasteiger partial charge is 0.472 e. The first kappa shape index (κ1) is 15.9. The Hall–Kier alpha value is -2.44. The summed E-state index contributed by atoms with van der Waals surface area (Å²) in [6, 6.07) is 4.65. The third-order valence-corrected chi connectivity index (χ3v) is 2.54. The first-order valence-corrected chi connectivity index (χ1v) is 6.60. The van der Waals surface area contributed by atoms with Crippen molar-refractivity contribution < 1.29 is 23.0 Å². The lowest BCUT2D eigenvalue weighted by Crippen LogP contribution is -2.27. The average Bonchev–Trinajstić information content (AvgIpc) is 2.84. The number of hydrogen-bond donors (Lipinski definition) is 0. The van der Waals surface area contributed by atoms with Gasteiger partial charge in [0.1, 0.15) is 23.8 Å². The number of ether oxygens (including phenoxy) is 2. The normalized spacial score (nSPS) is 11.3. The van der Waals surface area contributed by atoms with Crippen molar-refractivity contribution in [2.45, 2.75) is 33.0 Å². The average molecular weight is 310 g/mol. The lowest BCUT2D eigenvalue weighted by atomic mass is 10.2. The van der Waals surface area contributed by atoms with Crippen LogP contribution in [0.4, 0.5) is 13.6 Å². The molecular formula is C15H16F2N2O3. The molecule has 22 heavy (non-hydrogen) atoms. The molecule has 0 unspecified atom stereocenters. The van der Waals surface area contributed by atoms with Gasteiger partial charge in [-0.1, -0.05) is 0 Å². The van der Waals surface area contributed by atoms with Gasteiger partial charge in [-0.3, -0.25) is 0 Å². The van der Waals surface area contributed by atoms with Crippen LogP contribution in [0.5, 0.6) is 5.88 Å². The van der Waals surface area contributed by atoms with E-state index < -0.39 is 23.3 Å². The Kier molecular flexibility index (Phi) is 4.44. The summed E-state index contributed by atoms with van der Waals surface area (Å²) < 4.78 is 37.6. The minimum atomic E-state index is -0.702. The van der Waals surface area contributed by atoms with Crippen molar-refractivity contribution in [3.63, 3.8) is 0 Å². The summed E-state index contributed by atoms with van der Waals surface area (Å²) in [5.41, 5.74) is -0.449. The van der Waals surface area contributed by atoms with Crippen LogP contribution >= 0.6 is 0 Å². The van der Waals surface area contributed by atoms with E-state index in [2.05, 4.69) is 5.10 Å². The highest BCUT2D eigenvalue weighted by Crippen LogP contribution is 2.14. The highest BCUT2D eigenvalue weighted by molar-refractivity contribution is 5.69. The van der Waals surface area contributed by atoms with Crippen LogP contribution in [0, 0.1) is 11.6 Å². The number of hydrogen-bond acceptors (Lipinski definition) is 4. The number of carbonyl (C=O) groups excluding carboxylic acids is 1. The fourth-order valence-corrected chi connectivity index (χ4v) is 1.59. The van der Waals surface area contributed by atoms with Gasteiger partial charge in [-0.25, -0.2) is 13.6 Å². The van der Waals surface area contributed by atoms with Crippen LogP contribution in [0.1, 0.15) is 26.3 Å². The highest BCUT2D eigenvalue weighted by Gasteiger charge is 2.18. The Balaban J connectivity index is 1.99. The standard InChI is InChI=1S/C15H16F2N2O3/c1-15(2,3)22-14(20)19-7-6-13(18-19)21-9-10-4-5-11(16)8-12(10)17/h4-8H,9H2,1-3H3. The molecule has 2 rings (SSSR count). The molecule has 0 aliphatic heterocycles. The summed E-state index contributed by atoms with van der Waals surface area (Å²) in [7, 11) is 0. The first-order valence-electron chi connectivity index (χ1n) is 6.60. The molecule has 0 spiro atoms. The Labute approximate surface area is 126 Å².